The highest BCUT2D eigenvalue weighted by molar-refractivity contribution is 7.16. The van der Waals surface area contributed by atoms with Gasteiger partial charge in [-0.3, -0.25) is 14.2 Å². The van der Waals surface area contributed by atoms with Gasteiger partial charge in [0.15, 0.2) is 0 Å². The molecule has 0 saturated heterocycles. The maximum absolute atomic E-state index is 12.2. The lowest BCUT2D eigenvalue weighted by atomic mass is 9.92. The first-order valence-corrected chi connectivity index (χ1v) is 8.05. The normalized spacial score (nSPS) is 20.8. The van der Waals surface area contributed by atoms with Crippen molar-refractivity contribution in [3.05, 3.63) is 28.1 Å². The molecule has 1 saturated carbocycles. The van der Waals surface area contributed by atoms with Crippen LogP contribution >= 0.6 is 11.3 Å². The predicted octanol–water partition coefficient (Wildman–Crippen LogP) is 2.15. The molecular formula is C15H19N3O2S. The Morgan fingerprint density at radius 1 is 1.57 bits per heavy atom. The Morgan fingerprint density at radius 2 is 2.38 bits per heavy atom. The highest BCUT2D eigenvalue weighted by atomic mass is 32.1. The number of amides is 1. The Hall–Kier alpha value is -1.69. The predicted molar refractivity (Wildman–Crippen MR) is 83.4 cm³/mol. The molecule has 5 nitrogen and oxygen atoms in total. The molecule has 1 N–H and O–H groups in total. The first-order chi connectivity index (χ1) is 9.94. The zero-order valence-corrected chi connectivity index (χ0v) is 13.1. The lowest BCUT2D eigenvalue weighted by Gasteiger charge is -2.18. The van der Waals surface area contributed by atoms with Crippen molar-refractivity contribution in [1.29, 1.82) is 0 Å². The highest BCUT2D eigenvalue weighted by Crippen LogP contribution is 2.36. The van der Waals surface area contributed by atoms with E-state index < -0.39 is 0 Å². The molecule has 1 unspecified atom stereocenters. The smallest absolute Gasteiger partial charge is 0.262 e. The van der Waals surface area contributed by atoms with Crippen molar-refractivity contribution in [3.63, 3.8) is 0 Å². The molecule has 3 rings (SSSR count). The van der Waals surface area contributed by atoms with Crippen LogP contribution in [-0.2, 0) is 11.3 Å². The molecule has 112 valence electrons. The summed E-state index contributed by atoms with van der Waals surface area (Å²) in [5.41, 5.74) is 0.148. The van der Waals surface area contributed by atoms with Gasteiger partial charge in [-0.05, 0) is 36.1 Å². The van der Waals surface area contributed by atoms with Crippen molar-refractivity contribution in [2.75, 3.05) is 0 Å². The number of fused-ring (bicyclic) bond motifs is 1. The number of carbonyl (C=O) groups is 1. The summed E-state index contributed by atoms with van der Waals surface area (Å²) in [5.74, 6) is -0.115. The van der Waals surface area contributed by atoms with Gasteiger partial charge in [0.25, 0.3) is 5.56 Å². The zero-order chi connectivity index (χ0) is 15.0. The number of thiophene rings is 1. The molecule has 0 radical (unpaired) electrons. The molecule has 2 aromatic heterocycles. The molecule has 1 aliphatic rings. The van der Waals surface area contributed by atoms with Crippen LogP contribution in [0.15, 0.2) is 22.6 Å². The fourth-order valence-corrected chi connectivity index (χ4v) is 3.72. The standard InChI is InChI=1S/C15H19N3O2S/c1-15(2)5-3-10(7-15)17-12(19)8-18-9-16-13-11(14(18)20)4-6-21-13/h4,6,9-10H,3,5,7-8H2,1-2H3,(H,17,19). The monoisotopic (exact) mass is 305 g/mol. The van der Waals surface area contributed by atoms with Crippen LogP contribution in [0.25, 0.3) is 10.2 Å². The lowest BCUT2D eigenvalue weighted by molar-refractivity contribution is -0.122. The average molecular weight is 305 g/mol. The van der Waals surface area contributed by atoms with E-state index in [-0.39, 0.29) is 24.1 Å². The molecule has 1 atom stereocenters. The molecule has 1 aliphatic carbocycles. The molecule has 2 aromatic rings. The van der Waals surface area contributed by atoms with Crippen molar-refractivity contribution < 1.29 is 4.79 Å². The Balaban J connectivity index is 1.69. The van der Waals surface area contributed by atoms with Crippen LogP contribution in [0.4, 0.5) is 0 Å². The molecule has 0 aromatic carbocycles. The first kappa shape index (κ1) is 14.3. The fraction of sp³-hybridized carbons (Fsp3) is 0.533. The number of hydrogen-bond donors (Lipinski definition) is 1. The zero-order valence-electron chi connectivity index (χ0n) is 12.3. The molecule has 6 heteroatoms. The summed E-state index contributed by atoms with van der Waals surface area (Å²) in [6, 6.07) is 1.98. The number of rotatable bonds is 3. The number of nitrogens with zero attached hydrogens (tertiary/aromatic N) is 2. The molecule has 2 heterocycles. The van der Waals surface area contributed by atoms with Crippen LogP contribution in [0.5, 0.6) is 0 Å². The van der Waals surface area contributed by atoms with Gasteiger partial charge in [-0.25, -0.2) is 4.98 Å². The van der Waals surface area contributed by atoms with Crippen LogP contribution in [0, 0.1) is 5.41 Å². The number of carbonyl (C=O) groups excluding carboxylic acids is 1. The number of nitrogens with one attached hydrogen (secondary N) is 1. The fourth-order valence-electron chi connectivity index (χ4n) is 2.99. The second kappa shape index (κ2) is 5.26. The van der Waals surface area contributed by atoms with Crippen molar-refractivity contribution in [1.82, 2.24) is 14.9 Å². The summed E-state index contributed by atoms with van der Waals surface area (Å²) in [6.45, 7) is 4.48. The summed E-state index contributed by atoms with van der Waals surface area (Å²) in [4.78, 5) is 29.3. The quantitative estimate of drug-likeness (QED) is 0.945. The van der Waals surface area contributed by atoms with Gasteiger partial charge in [-0.2, -0.15) is 0 Å². The molecule has 1 amide bonds. The second-order valence-corrected chi connectivity index (χ2v) is 7.38. The Labute approximate surface area is 127 Å². The van der Waals surface area contributed by atoms with Crippen LogP contribution in [0.3, 0.4) is 0 Å². The van der Waals surface area contributed by atoms with E-state index in [0.29, 0.717) is 15.6 Å². The van der Waals surface area contributed by atoms with E-state index in [1.807, 2.05) is 5.38 Å². The lowest BCUT2D eigenvalue weighted by Crippen LogP contribution is -2.38. The maximum atomic E-state index is 12.2. The van der Waals surface area contributed by atoms with Gasteiger partial charge in [0.2, 0.25) is 5.91 Å². The summed E-state index contributed by atoms with van der Waals surface area (Å²) in [7, 11) is 0. The van der Waals surface area contributed by atoms with Crippen molar-refractivity contribution in [2.24, 2.45) is 5.41 Å². The average Bonchev–Trinajstić information content (AvgIpc) is 3.00. The maximum Gasteiger partial charge on any atom is 0.262 e. The Morgan fingerprint density at radius 3 is 3.10 bits per heavy atom. The molecule has 0 aliphatic heterocycles. The van der Waals surface area contributed by atoms with Gasteiger partial charge in [-0.1, -0.05) is 13.8 Å². The minimum absolute atomic E-state index is 0.0363. The Bertz CT molecular complexity index is 732. The van der Waals surface area contributed by atoms with E-state index in [4.69, 9.17) is 0 Å². The van der Waals surface area contributed by atoms with Gasteiger partial charge in [0.1, 0.15) is 11.4 Å². The third-order valence-corrected chi connectivity index (χ3v) is 4.92. The molecule has 0 bridgehead atoms. The summed E-state index contributed by atoms with van der Waals surface area (Å²) >= 11 is 1.43. The van der Waals surface area contributed by atoms with Crippen molar-refractivity contribution >= 4 is 27.5 Å². The summed E-state index contributed by atoms with van der Waals surface area (Å²) < 4.78 is 1.38. The van der Waals surface area contributed by atoms with Crippen molar-refractivity contribution in [3.8, 4) is 0 Å². The van der Waals surface area contributed by atoms with E-state index in [1.165, 1.54) is 22.2 Å². The molecular weight excluding hydrogens is 286 g/mol. The largest absolute Gasteiger partial charge is 0.352 e. The molecule has 1 fully saturated rings. The van der Waals surface area contributed by atoms with E-state index in [2.05, 4.69) is 24.1 Å². The van der Waals surface area contributed by atoms with Gasteiger partial charge >= 0.3 is 0 Å². The van der Waals surface area contributed by atoms with Crippen LogP contribution in [0.1, 0.15) is 33.1 Å². The van der Waals surface area contributed by atoms with Crippen molar-refractivity contribution in [2.45, 2.75) is 45.7 Å². The van der Waals surface area contributed by atoms with Gasteiger partial charge < -0.3 is 5.32 Å². The minimum atomic E-state index is -0.150. The van der Waals surface area contributed by atoms with Gasteiger partial charge in [0.05, 0.1) is 11.7 Å². The van der Waals surface area contributed by atoms with Crippen LogP contribution < -0.4 is 10.9 Å². The molecule has 0 spiro atoms. The van der Waals surface area contributed by atoms with E-state index in [9.17, 15) is 9.59 Å². The SMILES string of the molecule is CC1(C)CCC(NC(=O)Cn2cnc3sccc3c2=O)C1. The topological polar surface area (TPSA) is 64.0 Å². The van der Waals surface area contributed by atoms with Crippen LogP contribution in [0.2, 0.25) is 0 Å². The van der Waals surface area contributed by atoms with Crippen LogP contribution in [-0.4, -0.2) is 21.5 Å². The minimum Gasteiger partial charge on any atom is -0.352 e. The van der Waals surface area contributed by atoms with E-state index in [0.717, 1.165) is 19.3 Å². The summed E-state index contributed by atoms with van der Waals surface area (Å²) in [5, 5.41) is 5.45. The summed E-state index contributed by atoms with van der Waals surface area (Å²) in [6.07, 6.45) is 4.59. The highest BCUT2D eigenvalue weighted by Gasteiger charge is 2.31. The Kier molecular flexibility index (Phi) is 3.57. The third-order valence-electron chi connectivity index (χ3n) is 4.10. The second-order valence-electron chi connectivity index (χ2n) is 6.49. The van der Waals surface area contributed by atoms with Gasteiger partial charge in [0, 0.05) is 6.04 Å². The number of aromatic nitrogens is 2. The van der Waals surface area contributed by atoms with E-state index >= 15 is 0 Å². The number of hydrogen-bond acceptors (Lipinski definition) is 4. The van der Waals surface area contributed by atoms with Gasteiger partial charge in [-0.15, -0.1) is 11.3 Å². The first-order valence-electron chi connectivity index (χ1n) is 7.17. The third kappa shape index (κ3) is 3.00. The molecule has 21 heavy (non-hydrogen) atoms. The van der Waals surface area contributed by atoms with E-state index in [1.54, 1.807) is 6.07 Å².